The highest BCUT2D eigenvalue weighted by Gasteiger charge is 2.00. The van der Waals surface area contributed by atoms with E-state index < -0.39 is 0 Å². The van der Waals surface area contributed by atoms with Crippen molar-refractivity contribution in [2.45, 2.75) is 13.0 Å². The van der Waals surface area contributed by atoms with Crippen LogP contribution >= 0.6 is 11.6 Å². The van der Waals surface area contributed by atoms with E-state index in [4.69, 9.17) is 11.6 Å². The standard InChI is InChI=1S/C19H19ClN4/c20-17-8-4-7-16(13-17)14-23-18-10-12-22-19(24-18)21-11-9-15-5-2-1-3-6-15/h1-8,10,12-13H,9,11,14H2,(H2,21,22,23,24). The Balaban J connectivity index is 1.52. The summed E-state index contributed by atoms with van der Waals surface area (Å²) in [5, 5.41) is 7.28. The van der Waals surface area contributed by atoms with Crippen LogP contribution in [0.1, 0.15) is 11.1 Å². The summed E-state index contributed by atoms with van der Waals surface area (Å²) >= 11 is 6.00. The second-order valence-corrected chi connectivity index (χ2v) is 5.85. The molecule has 1 heterocycles. The highest BCUT2D eigenvalue weighted by molar-refractivity contribution is 6.30. The highest BCUT2D eigenvalue weighted by Crippen LogP contribution is 2.13. The molecule has 0 atom stereocenters. The van der Waals surface area contributed by atoms with Crippen LogP contribution in [0.25, 0.3) is 0 Å². The van der Waals surface area contributed by atoms with E-state index in [-0.39, 0.29) is 0 Å². The molecule has 3 rings (SSSR count). The molecule has 0 aliphatic carbocycles. The van der Waals surface area contributed by atoms with E-state index in [1.54, 1.807) is 6.20 Å². The minimum absolute atomic E-state index is 0.627. The van der Waals surface area contributed by atoms with Gasteiger partial charge in [0.2, 0.25) is 5.95 Å². The number of benzene rings is 2. The Bertz CT molecular complexity index is 777. The number of halogens is 1. The van der Waals surface area contributed by atoms with Crippen molar-refractivity contribution in [3.8, 4) is 0 Å². The van der Waals surface area contributed by atoms with Crippen LogP contribution in [0.15, 0.2) is 66.9 Å². The molecule has 4 nitrogen and oxygen atoms in total. The Morgan fingerprint density at radius 2 is 1.71 bits per heavy atom. The van der Waals surface area contributed by atoms with Gasteiger partial charge in [-0.15, -0.1) is 0 Å². The molecule has 0 saturated heterocycles. The van der Waals surface area contributed by atoms with E-state index in [1.807, 2.05) is 48.5 Å². The predicted octanol–water partition coefficient (Wildman–Crippen LogP) is 4.40. The Kier molecular flexibility index (Phi) is 5.64. The molecular weight excluding hydrogens is 320 g/mol. The molecule has 0 spiro atoms. The van der Waals surface area contributed by atoms with Crippen molar-refractivity contribution in [1.82, 2.24) is 9.97 Å². The van der Waals surface area contributed by atoms with Crippen molar-refractivity contribution in [2.24, 2.45) is 0 Å². The SMILES string of the molecule is Clc1cccc(CNc2ccnc(NCCc3ccccc3)n2)c1. The predicted molar refractivity (Wildman–Crippen MR) is 99.4 cm³/mol. The van der Waals surface area contributed by atoms with Crippen LogP contribution in [-0.2, 0) is 13.0 Å². The average Bonchev–Trinajstić information content (AvgIpc) is 2.61. The summed E-state index contributed by atoms with van der Waals surface area (Å²) in [6.45, 7) is 1.46. The first-order chi connectivity index (χ1) is 11.8. The fourth-order valence-corrected chi connectivity index (χ4v) is 2.56. The first-order valence-corrected chi connectivity index (χ1v) is 8.26. The lowest BCUT2D eigenvalue weighted by Gasteiger charge is -2.09. The molecule has 2 N–H and O–H groups in total. The van der Waals surface area contributed by atoms with Crippen LogP contribution in [0, 0.1) is 0 Å². The van der Waals surface area contributed by atoms with Gasteiger partial charge in [0.1, 0.15) is 5.82 Å². The van der Waals surface area contributed by atoms with E-state index in [1.165, 1.54) is 5.56 Å². The smallest absolute Gasteiger partial charge is 0.224 e. The number of rotatable bonds is 7. The quantitative estimate of drug-likeness (QED) is 0.670. The molecule has 5 heteroatoms. The van der Waals surface area contributed by atoms with Crippen LogP contribution in [0.2, 0.25) is 5.02 Å². The van der Waals surface area contributed by atoms with E-state index in [0.29, 0.717) is 12.5 Å². The Morgan fingerprint density at radius 3 is 2.54 bits per heavy atom. The largest absolute Gasteiger partial charge is 0.366 e. The normalized spacial score (nSPS) is 10.4. The van der Waals surface area contributed by atoms with Crippen LogP contribution in [0.3, 0.4) is 0 Å². The zero-order valence-corrected chi connectivity index (χ0v) is 14.0. The van der Waals surface area contributed by atoms with Gasteiger partial charge < -0.3 is 10.6 Å². The maximum absolute atomic E-state index is 6.00. The Labute approximate surface area is 146 Å². The van der Waals surface area contributed by atoms with Crippen LogP contribution < -0.4 is 10.6 Å². The number of hydrogen-bond donors (Lipinski definition) is 2. The second kappa shape index (κ2) is 8.31. The monoisotopic (exact) mass is 338 g/mol. The molecule has 0 bridgehead atoms. The fraction of sp³-hybridized carbons (Fsp3) is 0.158. The van der Waals surface area contributed by atoms with Crippen molar-refractivity contribution in [1.29, 1.82) is 0 Å². The summed E-state index contributed by atoms with van der Waals surface area (Å²) in [4.78, 5) is 8.73. The third-order valence-corrected chi connectivity index (χ3v) is 3.79. The van der Waals surface area contributed by atoms with E-state index in [2.05, 4.69) is 32.7 Å². The first kappa shape index (κ1) is 16.3. The Morgan fingerprint density at radius 1 is 0.875 bits per heavy atom. The molecule has 3 aromatic rings. The number of hydrogen-bond acceptors (Lipinski definition) is 4. The van der Waals surface area contributed by atoms with Gasteiger partial charge in [-0.2, -0.15) is 4.98 Å². The third kappa shape index (κ3) is 4.96. The molecule has 24 heavy (non-hydrogen) atoms. The summed E-state index contributed by atoms with van der Waals surface area (Å²) in [6.07, 6.45) is 2.68. The van der Waals surface area contributed by atoms with Crippen LogP contribution in [0.5, 0.6) is 0 Å². The summed E-state index contributed by atoms with van der Waals surface area (Å²) < 4.78 is 0. The molecule has 0 radical (unpaired) electrons. The van der Waals surface area contributed by atoms with Gasteiger partial charge in [-0.05, 0) is 35.7 Å². The third-order valence-electron chi connectivity index (χ3n) is 3.56. The molecule has 0 unspecified atom stereocenters. The first-order valence-electron chi connectivity index (χ1n) is 7.89. The maximum Gasteiger partial charge on any atom is 0.224 e. The summed E-state index contributed by atoms with van der Waals surface area (Å²) in [5.41, 5.74) is 2.40. The van der Waals surface area contributed by atoms with Gasteiger partial charge in [0.25, 0.3) is 0 Å². The second-order valence-electron chi connectivity index (χ2n) is 5.41. The van der Waals surface area contributed by atoms with Crippen LogP contribution in [0.4, 0.5) is 11.8 Å². The summed E-state index contributed by atoms with van der Waals surface area (Å²) in [7, 11) is 0. The van der Waals surface area contributed by atoms with Crippen molar-refractivity contribution < 1.29 is 0 Å². The van der Waals surface area contributed by atoms with E-state index in [9.17, 15) is 0 Å². The van der Waals surface area contributed by atoms with Gasteiger partial charge in [-0.1, -0.05) is 54.1 Å². The van der Waals surface area contributed by atoms with Gasteiger partial charge in [0.15, 0.2) is 0 Å². The number of nitrogens with one attached hydrogen (secondary N) is 2. The average molecular weight is 339 g/mol. The summed E-state index contributed by atoms with van der Waals surface area (Å²) in [5.74, 6) is 1.41. The van der Waals surface area contributed by atoms with Gasteiger partial charge >= 0.3 is 0 Å². The molecule has 0 saturated carbocycles. The van der Waals surface area contributed by atoms with E-state index in [0.717, 1.165) is 29.4 Å². The lowest BCUT2D eigenvalue weighted by atomic mass is 10.1. The molecule has 0 amide bonds. The topological polar surface area (TPSA) is 49.8 Å². The zero-order chi connectivity index (χ0) is 16.6. The molecule has 1 aromatic heterocycles. The van der Waals surface area contributed by atoms with Crippen molar-refractivity contribution in [3.63, 3.8) is 0 Å². The van der Waals surface area contributed by atoms with Crippen molar-refractivity contribution >= 4 is 23.4 Å². The summed E-state index contributed by atoms with van der Waals surface area (Å²) in [6, 6.07) is 20.0. The Hall–Kier alpha value is -2.59. The zero-order valence-electron chi connectivity index (χ0n) is 13.2. The number of anilines is 2. The van der Waals surface area contributed by atoms with Gasteiger partial charge in [-0.3, -0.25) is 0 Å². The lowest BCUT2D eigenvalue weighted by Crippen LogP contribution is -2.09. The number of aromatic nitrogens is 2. The molecule has 122 valence electrons. The molecule has 2 aromatic carbocycles. The molecule has 0 aliphatic rings. The maximum atomic E-state index is 6.00. The molecule has 0 fully saturated rings. The van der Waals surface area contributed by atoms with Gasteiger partial charge in [-0.25, -0.2) is 4.98 Å². The van der Waals surface area contributed by atoms with Gasteiger partial charge in [0.05, 0.1) is 0 Å². The molecular formula is C19H19ClN4. The number of nitrogens with zero attached hydrogens (tertiary/aromatic N) is 2. The lowest BCUT2D eigenvalue weighted by molar-refractivity contribution is 0.979. The molecule has 0 aliphatic heterocycles. The minimum Gasteiger partial charge on any atom is -0.366 e. The van der Waals surface area contributed by atoms with Gasteiger partial charge in [0, 0.05) is 24.3 Å². The van der Waals surface area contributed by atoms with Crippen molar-refractivity contribution in [3.05, 3.63) is 83.0 Å². The van der Waals surface area contributed by atoms with E-state index >= 15 is 0 Å². The minimum atomic E-state index is 0.627. The highest BCUT2D eigenvalue weighted by atomic mass is 35.5. The van der Waals surface area contributed by atoms with Crippen LogP contribution in [-0.4, -0.2) is 16.5 Å². The fourth-order valence-electron chi connectivity index (χ4n) is 2.35. The van der Waals surface area contributed by atoms with Crippen molar-refractivity contribution in [2.75, 3.05) is 17.2 Å².